The molecule has 4 aromatic carbocycles. The predicted octanol–water partition coefficient (Wildman–Crippen LogP) is 5.09. The van der Waals surface area contributed by atoms with Crippen LogP contribution in [0.4, 0.5) is 11.4 Å². The molecule has 1 amide bonds. The van der Waals surface area contributed by atoms with E-state index in [9.17, 15) is 13.2 Å². The number of hydrogen-bond acceptors (Lipinski definition) is 4. The number of aryl methyl sites for hydroxylation is 3. The topological polar surface area (TPSA) is 75.7 Å². The summed E-state index contributed by atoms with van der Waals surface area (Å²) in [5, 5.41) is 5.11. The van der Waals surface area contributed by atoms with E-state index in [2.05, 4.69) is 11.4 Å². The number of nitrogens with one attached hydrogen (secondary N) is 1. The van der Waals surface area contributed by atoms with Gasteiger partial charge >= 0.3 is 0 Å². The molecule has 35 heavy (non-hydrogen) atoms. The largest absolute Gasteiger partial charge is 0.495 e. The van der Waals surface area contributed by atoms with Gasteiger partial charge in [-0.25, -0.2) is 8.42 Å². The van der Waals surface area contributed by atoms with Crippen molar-refractivity contribution in [1.29, 1.82) is 0 Å². The van der Waals surface area contributed by atoms with Gasteiger partial charge in [-0.3, -0.25) is 9.10 Å². The Labute approximate surface area is 205 Å². The number of benzene rings is 4. The van der Waals surface area contributed by atoms with Gasteiger partial charge in [0.05, 0.1) is 17.7 Å². The Balaban J connectivity index is 1.53. The second kappa shape index (κ2) is 9.07. The molecular formula is C28H26N2O4S. The fraction of sp³-hybridized carbons (Fsp3) is 0.179. The Morgan fingerprint density at radius 2 is 1.69 bits per heavy atom. The molecule has 6 nitrogen and oxygen atoms in total. The van der Waals surface area contributed by atoms with Crippen LogP contribution in [-0.4, -0.2) is 28.0 Å². The molecule has 1 aliphatic carbocycles. The Kier molecular flexibility index (Phi) is 5.94. The van der Waals surface area contributed by atoms with Gasteiger partial charge in [-0.1, -0.05) is 48.5 Å². The first-order valence-corrected chi connectivity index (χ1v) is 12.9. The zero-order valence-corrected chi connectivity index (χ0v) is 20.4. The summed E-state index contributed by atoms with van der Waals surface area (Å²) in [6, 6.07) is 23.4. The number of anilines is 2. The fourth-order valence-corrected chi connectivity index (χ4v) is 6.13. The van der Waals surface area contributed by atoms with Crippen LogP contribution in [0.15, 0.2) is 83.8 Å². The Morgan fingerprint density at radius 3 is 2.43 bits per heavy atom. The average Bonchev–Trinajstić information content (AvgIpc) is 3.29. The summed E-state index contributed by atoms with van der Waals surface area (Å²) in [6.07, 6.45) is 1.97. The summed E-state index contributed by atoms with van der Waals surface area (Å²) in [7, 11) is -2.56. The molecule has 5 rings (SSSR count). The fourth-order valence-electron chi connectivity index (χ4n) is 4.69. The van der Waals surface area contributed by atoms with Crippen molar-refractivity contribution >= 4 is 38.1 Å². The van der Waals surface area contributed by atoms with Gasteiger partial charge < -0.3 is 10.1 Å². The molecule has 0 spiro atoms. The zero-order valence-electron chi connectivity index (χ0n) is 19.6. The molecule has 0 bridgehead atoms. The summed E-state index contributed by atoms with van der Waals surface area (Å²) >= 11 is 0. The van der Waals surface area contributed by atoms with Crippen molar-refractivity contribution in [3.63, 3.8) is 0 Å². The second-order valence-electron chi connectivity index (χ2n) is 8.66. The first-order valence-electron chi connectivity index (χ1n) is 11.4. The molecular weight excluding hydrogens is 460 g/mol. The van der Waals surface area contributed by atoms with Gasteiger partial charge in [0.15, 0.2) is 0 Å². The molecule has 0 fully saturated rings. The Morgan fingerprint density at radius 1 is 0.943 bits per heavy atom. The maximum atomic E-state index is 13.7. The van der Waals surface area contributed by atoms with E-state index < -0.39 is 22.5 Å². The molecule has 0 aromatic heterocycles. The van der Waals surface area contributed by atoms with Crippen molar-refractivity contribution in [3.05, 3.63) is 95.6 Å². The van der Waals surface area contributed by atoms with Gasteiger partial charge in [-0.15, -0.1) is 0 Å². The van der Waals surface area contributed by atoms with E-state index >= 15 is 0 Å². The lowest BCUT2D eigenvalue weighted by Crippen LogP contribution is -2.38. The molecule has 1 N–H and O–H groups in total. The number of carbonyl (C=O) groups excluding carboxylic acids is 1. The van der Waals surface area contributed by atoms with Crippen LogP contribution in [0.1, 0.15) is 16.7 Å². The minimum absolute atomic E-state index is 0.0988. The maximum Gasteiger partial charge on any atom is 0.264 e. The zero-order chi connectivity index (χ0) is 24.6. The standard InChI is InChI=1S/C28H26N2O4S/c1-19-11-16-26(34-2)25(17-19)30(35(32,33)22-8-4-3-5-9-22)18-27(31)29-24-15-14-21-13-12-20-7-6-10-23(24)28(20)21/h3-11,14-17H,12-13,18H2,1-2H3,(H,29,31). The molecule has 7 heteroatoms. The van der Waals surface area contributed by atoms with Crippen molar-refractivity contribution < 1.29 is 17.9 Å². The van der Waals surface area contributed by atoms with E-state index in [1.807, 2.05) is 37.3 Å². The molecule has 0 radical (unpaired) electrons. The SMILES string of the molecule is COc1ccc(C)cc1N(CC(=O)Nc1ccc2c3c(cccc13)CC2)S(=O)(=O)c1ccccc1. The number of nitrogens with zero attached hydrogens (tertiary/aromatic N) is 1. The molecule has 0 aliphatic heterocycles. The van der Waals surface area contributed by atoms with Crippen molar-refractivity contribution in [2.75, 3.05) is 23.3 Å². The summed E-state index contributed by atoms with van der Waals surface area (Å²) < 4.78 is 34.0. The summed E-state index contributed by atoms with van der Waals surface area (Å²) in [5.41, 5.74) is 4.37. The lowest BCUT2D eigenvalue weighted by molar-refractivity contribution is -0.114. The van der Waals surface area contributed by atoms with Gasteiger partial charge in [-0.05, 0) is 72.2 Å². The minimum atomic E-state index is -4.04. The highest BCUT2D eigenvalue weighted by atomic mass is 32.2. The predicted molar refractivity (Wildman–Crippen MR) is 139 cm³/mol. The lowest BCUT2D eigenvalue weighted by Gasteiger charge is -2.26. The normalized spacial score (nSPS) is 12.5. The number of rotatable bonds is 7. The van der Waals surface area contributed by atoms with Crippen molar-refractivity contribution in [2.24, 2.45) is 0 Å². The van der Waals surface area contributed by atoms with E-state index in [4.69, 9.17) is 4.74 Å². The third kappa shape index (κ3) is 4.23. The quantitative estimate of drug-likeness (QED) is 0.395. The average molecular weight is 487 g/mol. The van der Waals surface area contributed by atoms with Crippen LogP contribution < -0.4 is 14.4 Å². The molecule has 178 valence electrons. The number of amides is 1. The van der Waals surface area contributed by atoms with Crippen LogP contribution in [0.5, 0.6) is 5.75 Å². The number of methoxy groups -OCH3 is 1. The van der Waals surface area contributed by atoms with Crippen LogP contribution in [0.3, 0.4) is 0 Å². The van der Waals surface area contributed by atoms with Gasteiger partial charge in [0, 0.05) is 11.1 Å². The van der Waals surface area contributed by atoms with E-state index in [1.165, 1.54) is 35.8 Å². The maximum absolute atomic E-state index is 13.7. The van der Waals surface area contributed by atoms with Crippen LogP contribution in [0, 0.1) is 6.92 Å². The number of carbonyl (C=O) groups is 1. The second-order valence-corrected chi connectivity index (χ2v) is 10.5. The van der Waals surface area contributed by atoms with Crippen LogP contribution in [0.25, 0.3) is 10.8 Å². The van der Waals surface area contributed by atoms with E-state index in [0.717, 1.165) is 28.1 Å². The van der Waals surface area contributed by atoms with Crippen molar-refractivity contribution in [1.82, 2.24) is 0 Å². The molecule has 0 atom stereocenters. The van der Waals surface area contributed by atoms with Crippen LogP contribution >= 0.6 is 0 Å². The Hall–Kier alpha value is -3.84. The molecule has 0 heterocycles. The Bertz CT molecular complexity index is 1520. The van der Waals surface area contributed by atoms with Crippen LogP contribution in [-0.2, 0) is 27.7 Å². The van der Waals surface area contributed by atoms with Crippen molar-refractivity contribution in [3.8, 4) is 5.75 Å². The van der Waals surface area contributed by atoms with E-state index in [0.29, 0.717) is 17.1 Å². The smallest absolute Gasteiger partial charge is 0.264 e. The lowest BCUT2D eigenvalue weighted by atomic mass is 10.0. The van der Waals surface area contributed by atoms with Gasteiger partial charge in [0.1, 0.15) is 12.3 Å². The first-order chi connectivity index (χ1) is 16.9. The molecule has 1 aliphatic rings. The van der Waals surface area contributed by atoms with E-state index in [-0.39, 0.29) is 4.90 Å². The first kappa shape index (κ1) is 22.9. The highest BCUT2D eigenvalue weighted by molar-refractivity contribution is 7.92. The van der Waals surface area contributed by atoms with Gasteiger partial charge in [-0.2, -0.15) is 0 Å². The third-order valence-electron chi connectivity index (χ3n) is 6.37. The third-order valence-corrected chi connectivity index (χ3v) is 8.15. The molecule has 0 saturated carbocycles. The summed E-state index contributed by atoms with van der Waals surface area (Å²) in [6.45, 7) is 1.46. The molecule has 0 saturated heterocycles. The number of sulfonamides is 1. The summed E-state index contributed by atoms with van der Waals surface area (Å²) in [4.78, 5) is 13.4. The van der Waals surface area contributed by atoms with Crippen molar-refractivity contribution in [2.45, 2.75) is 24.7 Å². The summed E-state index contributed by atoms with van der Waals surface area (Å²) in [5.74, 6) is -0.0694. The molecule has 4 aromatic rings. The minimum Gasteiger partial charge on any atom is -0.495 e. The van der Waals surface area contributed by atoms with Crippen LogP contribution in [0.2, 0.25) is 0 Å². The van der Waals surface area contributed by atoms with Gasteiger partial charge in [0.25, 0.3) is 10.0 Å². The number of ether oxygens (including phenoxy) is 1. The highest BCUT2D eigenvalue weighted by Gasteiger charge is 2.30. The van der Waals surface area contributed by atoms with Gasteiger partial charge in [0.2, 0.25) is 5.91 Å². The number of hydrogen-bond donors (Lipinski definition) is 1. The monoisotopic (exact) mass is 486 g/mol. The van der Waals surface area contributed by atoms with E-state index in [1.54, 1.807) is 30.3 Å². The molecule has 0 unspecified atom stereocenters. The highest BCUT2D eigenvalue weighted by Crippen LogP contribution is 2.36.